The second-order valence-corrected chi connectivity index (χ2v) is 9.87. The number of hydrogen-bond donors (Lipinski definition) is 3. The van der Waals surface area contributed by atoms with Gasteiger partial charge in [-0.2, -0.15) is 0 Å². The van der Waals surface area contributed by atoms with E-state index in [4.69, 9.17) is 22.1 Å². The topological polar surface area (TPSA) is 117 Å². The van der Waals surface area contributed by atoms with Crippen molar-refractivity contribution in [1.29, 1.82) is 0 Å². The highest BCUT2D eigenvalue weighted by atomic mass is 35.5. The van der Waals surface area contributed by atoms with Gasteiger partial charge in [-0.25, -0.2) is 4.79 Å². The van der Waals surface area contributed by atoms with Gasteiger partial charge in [0.1, 0.15) is 6.10 Å². The molecule has 4 atom stereocenters. The number of cyclic esters (lactones) is 1. The Hall–Kier alpha value is -2.66. The van der Waals surface area contributed by atoms with Crippen molar-refractivity contribution in [3.63, 3.8) is 0 Å². The highest BCUT2D eigenvalue weighted by Gasteiger charge is 2.37. The lowest BCUT2D eigenvalue weighted by Gasteiger charge is -2.34. The van der Waals surface area contributed by atoms with E-state index in [-0.39, 0.29) is 43.0 Å². The number of nitrogens with two attached hydrogens (primary N) is 1. The van der Waals surface area contributed by atoms with E-state index >= 15 is 0 Å². The molecule has 4 N–H and O–H groups in total. The lowest BCUT2D eigenvalue weighted by Crippen LogP contribution is -2.51. The largest absolute Gasteiger partial charge is 0.442 e. The van der Waals surface area contributed by atoms with Crippen molar-refractivity contribution < 1.29 is 19.1 Å². The first-order valence-corrected chi connectivity index (χ1v) is 11.9. The van der Waals surface area contributed by atoms with Gasteiger partial charge in [0.05, 0.1) is 34.4 Å². The van der Waals surface area contributed by atoms with Crippen LogP contribution in [0.5, 0.6) is 0 Å². The van der Waals surface area contributed by atoms with Crippen LogP contribution in [0.1, 0.15) is 16.1 Å². The van der Waals surface area contributed by atoms with Crippen molar-refractivity contribution in [3.05, 3.63) is 57.9 Å². The standard InChI is InChI=1S/C22H26ClN5O4S/c1-2-20(29)26-16-9-14(3-4-17(16)27-8-7-13(24)11-27)28-12-15(32-22(28)31)10-25-21(30)18-5-6-19(23)33-18/h2-6,9,13,15-17H,1,7-8,10-12,24H2,(H,25,30)(H,26,29). The molecule has 176 valence electrons. The SMILES string of the molecule is C=CC(=O)NC1C=C(N2CC(CNC(=O)c3ccc(Cl)s3)OC2=O)C=CC1N1CCC(N)C1. The Morgan fingerprint density at radius 3 is 2.85 bits per heavy atom. The number of allylic oxidation sites excluding steroid dienone is 1. The third-order valence-corrected chi connectivity index (χ3v) is 7.06. The van der Waals surface area contributed by atoms with Crippen LogP contribution in [0.15, 0.2) is 48.7 Å². The molecule has 2 fully saturated rings. The maximum atomic E-state index is 12.5. The van der Waals surface area contributed by atoms with Gasteiger partial charge in [0, 0.05) is 24.8 Å². The van der Waals surface area contributed by atoms with Crippen molar-refractivity contribution in [2.75, 3.05) is 26.2 Å². The summed E-state index contributed by atoms with van der Waals surface area (Å²) in [5, 5.41) is 5.71. The van der Waals surface area contributed by atoms with E-state index < -0.39 is 12.2 Å². The normalized spacial score (nSPS) is 27.3. The molecule has 2 saturated heterocycles. The molecule has 1 aromatic rings. The molecule has 3 aliphatic rings. The molecular weight excluding hydrogens is 466 g/mol. The first kappa shape index (κ1) is 23.5. The van der Waals surface area contributed by atoms with Gasteiger partial charge in [-0.15, -0.1) is 11.3 Å². The molecule has 4 unspecified atom stereocenters. The summed E-state index contributed by atoms with van der Waals surface area (Å²) in [6.07, 6.45) is 6.81. The molecule has 2 aliphatic heterocycles. The Morgan fingerprint density at radius 2 is 2.18 bits per heavy atom. The number of rotatable bonds is 7. The van der Waals surface area contributed by atoms with Crippen molar-refractivity contribution in [2.24, 2.45) is 5.73 Å². The number of nitrogens with zero attached hydrogens (tertiary/aromatic N) is 2. The molecular formula is C22H26ClN5O4S. The number of thiophene rings is 1. The average molecular weight is 492 g/mol. The summed E-state index contributed by atoms with van der Waals surface area (Å²) in [5.74, 6) is -0.560. The molecule has 0 aromatic carbocycles. The van der Waals surface area contributed by atoms with Gasteiger partial charge < -0.3 is 21.1 Å². The van der Waals surface area contributed by atoms with Crippen molar-refractivity contribution in [1.82, 2.24) is 20.4 Å². The van der Waals surface area contributed by atoms with E-state index in [2.05, 4.69) is 22.1 Å². The summed E-state index contributed by atoms with van der Waals surface area (Å²) in [6, 6.07) is 2.99. The fraction of sp³-hybridized carbons (Fsp3) is 0.409. The Morgan fingerprint density at radius 1 is 1.36 bits per heavy atom. The molecule has 1 aromatic heterocycles. The van der Waals surface area contributed by atoms with Crippen molar-refractivity contribution >= 4 is 40.8 Å². The van der Waals surface area contributed by atoms with Gasteiger partial charge in [-0.1, -0.05) is 24.3 Å². The Bertz CT molecular complexity index is 1010. The maximum absolute atomic E-state index is 12.5. The zero-order valence-electron chi connectivity index (χ0n) is 17.9. The number of hydrogen-bond acceptors (Lipinski definition) is 7. The zero-order valence-corrected chi connectivity index (χ0v) is 19.5. The smallest absolute Gasteiger partial charge is 0.414 e. The second kappa shape index (κ2) is 10.1. The van der Waals surface area contributed by atoms with Crippen LogP contribution in [0.25, 0.3) is 0 Å². The van der Waals surface area contributed by atoms with Crippen LogP contribution in [0.4, 0.5) is 4.79 Å². The van der Waals surface area contributed by atoms with Crippen LogP contribution < -0.4 is 16.4 Å². The molecule has 0 radical (unpaired) electrons. The number of carbonyl (C=O) groups excluding carboxylic acids is 3. The third-order valence-electron chi connectivity index (χ3n) is 5.83. The number of carbonyl (C=O) groups is 3. The number of nitrogens with one attached hydrogen (secondary N) is 2. The minimum absolute atomic E-state index is 0.0717. The van der Waals surface area contributed by atoms with E-state index in [0.717, 1.165) is 19.5 Å². The zero-order chi connectivity index (χ0) is 23.5. The van der Waals surface area contributed by atoms with E-state index in [1.54, 1.807) is 12.1 Å². The minimum Gasteiger partial charge on any atom is -0.442 e. The van der Waals surface area contributed by atoms with Crippen molar-refractivity contribution in [3.8, 4) is 0 Å². The summed E-state index contributed by atoms with van der Waals surface area (Å²) in [6.45, 7) is 5.56. The molecule has 4 rings (SSSR count). The minimum atomic E-state index is -0.500. The Balaban J connectivity index is 1.41. The summed E-state index contributed by atoms with van der Waals surface area (Å²) in [7, 11) is 0. The third kappa shape index (κ3) is 5.47. The molecule has 0 bridgehead atoms. The molecule has 3 amide bonds. The van der Waals surface area contributed by atoms with Gasteiger partial charge in [0.15, 0.2) is 0 Å². The van der Waals surface area contributed by atoms with Crippen LogP contribution in [0, 0.1) is 0 Å². The predicted octanol–water partition coefficient (Wildman–Crippen LogP) is 1.48. The number of halogens is 1. The van der Waals surface area contributed by atoms with Crippen LogP contribution in [-0.4, -0.2) is 78.1 Å². The van der Waals surface area contributed by atoms with Gasteiger partial charge in [0.25, 0.3) is 5.91 Å². The summed E-state index contributed by atoms with van der Waals surface area (Å²) >= 11 is 7.06. The van der Waals surface area contributed by atoms with Gasteiger partial charge >= 0.3 is 6.09 Å². The molecule has 9 nitrogen and oxygen atoms in total. The number of amides is 3. The van der Waals surface area contributed by atoms with Crippen LogP contribution >= 0.6 is 22.9 Å². The fourth-order valence-electron chi connectivity index (χ4n) is 4.19. The van der Waals surface area contributed by atoms with E-state index in [1.165, 1.54) is 22.3 Å². The van der Waals surface area contributed by atoms with Crippen LogP contribution in [-0.2, 0) is 9.53 Å². The Kier molecular flexibility index (Phi) is 7.18. The Labute approximate surface area is 200 Å². The van der Waals surface area contributed by atoms with Gasteiger partial charge in [-0.05, 0) is 36.8 Å². The second-order valence-electron chi connectivity index (χ2n) is 8.15. The first-order valence-electron chi connectivity index (χ1n) is 10.7. The van der Waals surface area contributed by atoms with Gasteiger partial charge in [-0.3, -0.25) is 19.4 Å². The summed E-state index contributed by atoms with van der Waals surface area (Å²) < 4.78 is 5.97. The monoisotopic (exact) mass is 491 g/mol. The molecule has 3 heterocycles. The first-order chi connectivity index (χ1) is 15.8. The van der Waals surface area contributed by atoms with E-state index in [9.17, 15) is 14.4 Å². The lowest BCUT2D eigenvalue weighted by atomic mass is 9.98. The maximum Gasteiger partial charge on any atom is 0.414 e. The molecule has 0 saturated carbocycles. The average Bonchev–Trinajstić information content (AvgIpc) is 3.52. The lowest BCUT2D eigenvalue weighted by molar-refractivity contribution is -0.117. The summed E-state index contributed by atoms with van der Waals surface area (Å²) in [4.78, 5) is 41.0. The van der Waals surface area contributed by atoms with Crippen LogP contribution in [0.2, 0.25) is 4.34 Å². The highest BCUT2D eigenvalue weighted by Crippen LogP contribution is 2.26. The molecule has 1 aliphatic carbocycles. The summed E-state index contributed by atoms with van der Waals surface area (Å²) in [5.41, 5.74) is 6.70. The van der Waals surface area contributed by atoms with Crippen molar-refractivity contribution in [2.45, 2.75) is 30.7 Å². The molecule has 11 heteroatoms. The molecule has 33 heavy (non-hydrogen) atoms. The number of likely N-dealkylation sites (tertiary alicyclic amines) is 1. The van der Waals surface area contributed by atoms with E-state index in [0.29, 0.717) is 14.9 Å². The molecule has 0 spiro atoms. The number of ether oxygens (including phenoxy) is 1. The quantitative estimate of drug-likeness (QED) is 0.497. The van der Waals surface area contributed by atoms with Gasteiger partial charge in [0.2, 0.25) is 5.91 Å². The fourth-order valence-corrected chi connectivity index (χ4v) is 5.15. The van der Waals surface area contributed by atoms with E-state index in [1.807, 2.05) is 18.2 Å². The van der Waals surface area contributed by atoms with Crippen LogP contribution in [0.3, 0.4) is 0 Å². The highest BCUT2D eigenvalue weighted by molar-refractivity contribution is 7.18. The predicted molar refractivity (Wildman–Crippen MR) is 126 cm³/mol.